The highest BCUT2D eigenvalue weighted by Gasteiger charge is 2.23. The van der Waals surface area contributed by atoms with Gasteiger partial charge in [-0.3, -0.25) is 0 Å². The lowest BCUT2D eigenvalue weighted by Gasteiger charge is -2.13. The van der Waals surface area contributed by atoms with Crippen molar-refractivity contribution in [3.8, 4) is 5.75 Å². The average Bonchev–Trinajstić information content (AvgIpc) is 3.03. The highest BCUT2D eigenvalue weighted by Crippen LogP contribution is 2.37. The number of allylic oxidation sites excluding steroid dienone is 1. The monoisotopic (exact) mass is 366 g/mol. The Morgan fingerprint density at radius 3 is 2.56 bits per heavy atom. The van der Waals surface area contributed by atoms with Gasteiger partial charge >= 0.3 is 6.61 Å². The number of rotatable bonds is 4. The zero-order valence-electron chi connectivity index (χ0n) is 14.1. The van der Waals surface area contributed by atoms with Crippen LogP contribution in [0.25, 0.3) is 22.6 Å². The van der Waals surface area contributed by atoms with E-state index in [9.17, 15) is 18.7 Å². The van der Waals surface area contributed by atoms with Gasteiger partial charge in [0, 0.05) is 10.9 Å². The molecule has 4 nitrogen and oxygen atoms in total. The fraction of sp³-hybridized carbons (Fsp3) is 0.143. The predicted octanol–water partition coefficient (Wildman–Crippen LogP) is 3.69. The first kappa shape index (κ1) is 17.1. The number of carboxylic acids is 1. The van der Waals surface area contributed by atoms with Gasteiger partial charge in [0.15, 0.2) is 0 Å². The van der Waals surface area contributed by atoms with E-state index < -0.39 is 12.6 Å². The molecular weight excluding hydrogens is 352 g/mol. The van der Waals surface area contributed by atoms with E-state index in [0.717, 1.165) is 11.1 Å². The van der Waals surface area contributed by atoms with Crippen LogP contribution in [0.5, 0.6) is 5.75 Å². The van der Waals surface area contributed by atoms with Crippen LogP contribution in [0.15, 0.2) is 48.5 Å². The van der Waals surface area contributed by atoms with Gasteiger partial charge in [-0.15, -0.1) is 0 Å². The summed E-state index contributed by atoms with van der Waals surface area (Å²) in [5.74, 6) is -1.12. The number of hydrogen-bond donors (Lipinski definition) is 0. The highest BCUT2D eigenvalue weighted by molar-refractivity contribution is 6.05. The number of para-hydroxylation sites is 1. The number of ether oxygens (including phenoxy) is 1. The lowest BCUT2D eigenvalue weighted by Crippen LogP contribution is -2.24. The summed E-state index contributed by atoms with van der Waals surface area (Å²) in [4.78, 5) is 16.4. The number of aromatic carboxylic acids is 1. The third kappa shape index (κ3) is 3.26. The first-order valence-electron chi connectivity index (χ1n) is 8.41. The molecule has 0 saturated heterocycles. The molecule has 3 aromatic rings. The Balaban J connectivity index is 1.77. The van der Waals surface area contributed by atoms with Gasteiger partial charge < -0.3 is 14.6 Å². The Labute approximate surface area is 153 Å². The summed E-state index contributed by atoms with van der Waals surface area (Å²) >= 11 is 0. The van der Waals surface area contributed by atoms with Gasteiger partial charge in [0.1, 0.15) is 5.75 Å². The molecule has 0 aliphatic heterocycles. The molecule has 0 unspecified atom stereocenters. The summed E-state index contributed by atoms with van der Waals surface area (Å²) in [5, 5.41) is 12.3. The number of alkyl halides is 2. The first-order chi connectivity index (χ1) is 13.0. The molecule has 27 heavy (non-hydrogen) atoms. The van der Waals surface area contributed by atoms with E-state index >= 15 is 0 Å². The van der Waals surface area contributed by atoms with Crippen molar-refractivity contribution in [3.63, 3.8) is 0 Å². The molecule has 1 heterocycles. The van der Waals surface area contributed by atoms with E-state index in [1.165, 1.54) is 12.1 Å². The van der Waals surface area contributed by atoms with Crippen molar-refractivity contribution in [2.75, 3.05) is 0 Å². The first-order valence-corrected chi connectivity index (χ1v) is 8.41. The van der Waals surface area contributed by atoms with Crippen LogP contribution in [-0.2, 0) is 6.42 Å². The number of carbonyl (C=O) groups is 1. The Bertz CT molecular complexity index is 1060. The van der Waals surface area contributed by atoms with Gasteiger partial charge in [-0.1, -0.05) is 30.3 Å². The van der Waals surface area contributed by atoms with E-state index in [0.29, 0.717) is 35.0 Å². The van der Waals surface area contributed by atoms with Crippen molar-refractivity contribution in [1.29, 1.82) is 0 Å². The molecule has 2 aromatic carbocycles. The van der Waals surface area contributed by atoms with Gasteiger partial charge in [0.25, 0.3) is 0 Å². The van der Waals surface area contributed by atoms with Crippen molar-refractivity contribution in [2.24, 2.45) is 0 Å². The maximum absolute atomic E-state index is 12.2. The van der Waals surface area contributed by atoms with Crippen molar-refractivity contribution in [3.05, 3.63) is 70.9 Å². The predicted molar refractivity (Wildman–Crippen MR) is 95.3 cm³/mol. The molecule has 4 rings (SSSR count). The SMILES string of the molecule is O=C([O-])c1c2c(nc3ccccc13)/C(=C/c1ccc(OC(F)F)cc1)CC2. The number of pyridine rings is 1. The van der Waals surface area contributed by atoms with Crippen molar-refractivity contribution in [2.45, 2.75) is 19.5 Å². The zero-order valence-corrected chi connectivity index (χ0v) is 14.1. The molecule has 0 spiro atoms. The van der Waals surface area contributed by atoms with Gasteiger partial charge in [0.05, 0.1) is 17.2 Å². The van der Waals surface area contributed by atoms with E-state index in [4.69, 9.17) is 0 Å². The van der Waals surface area contributed by atoms with Crippen LogP contribution >= 0.6 is 0 Å². The largest absolute Gasteiger partial charge is 0.545 e. The fourth-order valence-corrected chi connectivity index (χ4v) is 3.46. The molecule has 0 amide bonds. The lowest BCUT2D eigenvalue weighted by atomic mass is 10.0. The Hall–Kier alpha value is -3.28. The highest BCUT2D eigenvalue weighted by atomic mass is 19.3. The number of hydrogen-bond acceptors (Lipinski definition) is 4. The minimum Gasteiger partial charge on any atom is -0.545 e. The molecule has 6 heteroatoms. The molecule has 1 aliphatic carbocycles. The molecule has 1 aliphatic rings. The summed E-state index contributed by atoms with van der Waals surface area (Å²) in [6, 6.07) is 13.4. The van der Waals surface area contributed by atoms with Crippen LogP contribution in [0.1, 0.15) is 33.6 Å². The van der Waals surface area contributed by atoms with E-state index in [-0.39, 0.29) is 11.3 Å². The van der Waals surface area contributed by atoms with Gasteiger partial charge in [0.2, 0.25) is 0 Å². The number of nitrogens with zero attached hydrogens (tertiary/aromatic N) is 1. The molecule has 0 saturated carbocycles. The standard InChI is InChI=1S/C21H15F2NO3/c22-21(23)27-14-8-5-12(6-9-14)11-13-7-10-16-18(20(25)26)15-3-1-2-4-17(15)24-19(13)16/h1-6,8-9,11,21H,7,10H2,(H,25,26)/p-1/b13-11+. The average molecular weight is 366 g/mol. The maximum Gasteiger partial charge on any atom is 0.387 e. The van der Waals surface area contributed by atoms with Crippen LogP contribution in [0.3, 0.4) is 0 Å². The summed E-state index contributed by atoms with van der Waals surface area (Å²) in [5.41, 5.74) is 3.83. The topological polar surface area (TPSA) is 62.2 Å². The minimum atomic E-state index is -2.86. The van der Waals surface area contributed by atoms with Crippen molar-refractivity contribution in [1.82, 2.24) is 4.98 Å². The van der Waals surface area contributed by atoms with E-state index in [2.05, 4.69) is 9.72 Å². The van der Waals surface area contributed by atoms with Crippen LogP contribution < -0.4 is 9.84 Å². The molecule has 0 radical (unpaired) electrons. The number of benzene rings is 2. The number of halogens is 2. The summed E-state index contributed by atoms with van der Waals surface area (Å²) < 4.78 is 28.8. The third-order valence-corrected chi connectivity index (χ3v) is 4.59. The van der Waals surface area contributed by atoms with Gasteiger partial charge in [-0.25, -0.2) is 4.98 Å². The molecular formula is C21H14F2NO3-. The number of fused-ring (bicyclic) bond motifs is 2. The van der Waals surface area contributed by atoms with Crippen LogP contribution in [0, 0.1) is 0 Å². The third-order valence-electron chi connectivity index (χ3n) is 4.59. The normalized spacial score (nSPS) is 14.7. The molecule has 0 atom stereocenters. The van der Waals surface area contributed by atoms with Crippen molar-refractivity contribution >= 4 is 28.5 Å². The smallest absolute Gasteiger partial charge is 0.387 e. The van der Waals surface area contributed by atoms with Gasteiger partial charge in [-0.2, -0.15) is 8.78 Å². The second-order valence-electron chi connectivity index (χ2n) is 6.24. The molecule has 1 aromatic heterocycles. The fourth-order valence-electron chi connectivity index (χ4n) is 3.46. The van der Waals surface area contributed by atoms with E-state index in [1.807, 2.05) is 6.08 Å². The summed E-state index contributed by atoms with van der Waals surface area (Å²) in [6.45, 7) is -2.86. The van der Waals surface area contributed by atoms with Gasteiger partial charge in [-0.05, 0) is 53.8 Å². The van der Waals surface area contributed by atoms with Crippen LogP contribution in [0.2, 0.25) is 0 Å². The molecule has 0 fully saturated rings. The maximum atomic E-state index is 12.2. The molecule has 0 N–H and O–H groups in total. The van der Waals surface area contributed by atoms with Crippen molar-refractivity contribution < 1.29 is 23.4 Å². The summed E-state index contributed by atoms with van der Waals surface area (Å²) in [7, 11) is 0. The quantitative estimate of drug-likeness (QED) is 0.707. The van der Waals surface area contributed by atoms with Crippen LogP contribution in [0.4, 0.5) is 8.78 Å². The Morgan fingerprint density at radius 1 is 1.11 bits per heavy atom. The Kier molecular flexibility index (Phi) is 4.32. The zero-order chi connectivity index (χ0) is 19.0. The second kappa shape index (κ2) is 6.79. The molecule has 136 valence electrons. The number of carbonyl (C=O) groups excluding carboxylic acids is 1. The second-order valence-corrected chi connectivity index (χ2v) is 6.24. The van der Waals surface area contributed by atoms with E-state index in [1.54, 1.807) is 36.4 Å². The lowest BCUT2D eigenvalue weighted by molar-refractivity contribution is -0.254. The minimum absolute atomic E-state index is 0.0855. The summed E-state index contributed by atoms with van der Waals surface area (Å²) in [6.07, 6.45) is 3.10. The molecule has 0 bridgehead atoms. The van der Waals surface area contributed by atoms with Crippen LogP contribution in [-0.4, -0.2) is 17.6 Å². The number of carboxylic acid groups (broad SMARTS) is 1. The number of aromatic nitrogens is 1. The Morgan fingerprint density at radius 2 is 1.85 bits per heavy atom.